The molecule has 0 saturated heterocycles. The lowest BCUT2D eigenvalue weighted by Crippen LogP contribution is -2.16. The molecule has 16 heavy (non-hydrogen) atoms. The van der Waals surface area contributed by atoms with E-state index in [0.717, 1.165) is 32.1 Å². The van der Waals surface area contributed by atoms with E-state index in [1.807, 2.05) is 13.0 Å². The second-order valence-corrected chi connectivity index (χ2v) is 3.78. The zero-order valence-corrected chi connectivity index (χ0v) is 9.95. The average Bonchev–Trinajstić information content (AvgIpc) is 2.29. The number of nitrogens with zero attached hydrogens (tertiary/aromatic N) is 1. The Morgan fingerprint density at radius 2 is 2.12 bits per heavy atom. The minimum absolute atomic E-state index is 0.165. The molecule has 92 valence electrons. The average molecular weight is 227 g/mol. The molecule has 0 aromatic heterocycles. The number of rotatable bonds is 9. The summed E-state index contributed by atoms with van der Waals surface area (Å²) < 4.78 is 4.98. The Morgan fingerprint density at radius 3 is 2.69 bits per heavy atom. The summed E-state index contributed by atoms with van der Waals surface area (Å²) in [5.74, 6) is -1.05. The summed E-state index contributed by atoms with van der Waals surface area (Å²) in [5.41, 5.74) is 0. The maximum Gasteiger partial charge on any atom is 0.323 e. The smallest absolute Gasteiger partial charge is 0.323 e. The van der Waals surface area contributed by atoms with Gasteiger partial charge in [-0.3, -0.25) is 4.79 Å². The van der Waals surface area contributed by atoms with E-state index >= 15 is 0 Å². The van der Waals surface area contributed by atoms with Crippen molar-refractivity contribution >= 4 is 5.97 Å². The van der Waals surface area contributed by atoms with Crippen LogP contribution in [-0.4, -0.2) is 24.3 Å². The fraction of sp³-hybridized carbons (Fsp3) is 0.833. The number of aliphatic hydroxyl groups excluding tert-OH is 1. The van der Waals surface area contributed by atoms with Crippen LogP contribution in [0.5, 0.6) is 0 Å². The van der Waals surface area contributed by atoms with E-state index in [1.165, 1.54) is 0 Å². The van der Waals surface area contributed by atoms with Crippen LogP contribution in [-0.2, 0) is 9.53 Å². The molecule has 1 atom stereocenters. The lowest BCUT2D eigenvalue weighted by atomic mass is 10.0. The third kappa shape index (κ3) is 7.24. The van der Waals surface area contributed by atoms with Crippen LogP contribution in [0.1, 0.15) is 45.4 Å². The highest BCUT2D eigenvalue weighted by molar-refractivity contribution is 5.75. The molecular formula is C12H21NO3. The molecule has 0 aliphatic rings. The van der Waals surface area contributed by atoms with E-state index < -0.39 is 11.9 Å². The molecule has 0 radical (unpaired) electrons. The fourth-order valence-electron chi connectivity index (χ4n) is 1.29. The normalized spacial score (nSPS) is 11.8. The maximum absolute atomic E-state index is 11.4. The Balaban J connectivity index is 3.71. The van der Waals surface area contributed by atoms with Gasteiger partial charge in [0.05, 0.1) is 12.7 Å². The molecule has 0 saturated carbocycles. The number of carbonyl (C=O) groups excluding carboxylic acids is 1. The van der Waals surface area contributed by atoms with Gasteiger partial charge in [0.1, 0.15) is 5.92 Å². The second kappa shape index (κ2) is 10.4. The molecule has 0 rings (SSSR count). The molecule has 1 N–H and O–H groups in total. The summed E-state index contributed by atoms with van der Waals surface area (Å²) in [6.45, 7) is 2.59. The van der Waals surface area contributed by atoms with Crippen LogP contribution >= 0.6 is 0 Å². The summed E-state index contributed by atoms with van der Waals surface area (Å²) in [6.07, 6.45) is 4.69. The number of unbranched alkanes of at least 4 members (excludes halogenated alkanes) is 3. The first-order valence-electron chi connectivity index (χ1n) is 5.93. The number of hydrogen-bond acceptors (Lipinski definition) is 4. The lowest BCUT2D eigenvalue weighted by molar-refractivity contribution is -0.146. The van der Waals surface area contributed by atoms with Gasteiger partial charge in [-0.2, -0.15) is 5.26 Å². The quantitative estimate of drug-likeness (QED) is 0.483. The topological polar surface area (TPSA) is 70.3 Å². The zero-order chi connectivity index (χ0) is 12.2. The van der Waals surface area contributed by atoms with Crippen molar-refractivity contribution in [2.24, 2.45) is 5.92 Å². The molecule has 0 bridgehead atoms. The van der Waals surface area contributed by atoms with Gasteiger partial charge in [0.25, 0.3) is 0 Å². The van der Waals surface area contributed by atoms with Gasteiger partial charge in [0.2, 0.25) is 0 Å². The van der Waals surface area contributed by atoms with Crippen molar-refractivity contribution in [2.75, 3.05) is 13.2 Å². The third-order valence-electron chi connectivity index (χ3n) is 2.33. The number of ether oxygens (including phenoxy) is 1. The molecule has 1 unspecified atom stereocenters. The lowest BCUT2D eigenvalue weighted by Gasteiger charge is -2.08. The van der Waals surface area contributed by atoms with E-state index in [2.05, 4.69) is 0 Å². The third-order valence-corrected chi connectivity index (χ3v) is 2.33. The van der Waals surface area contributed by atoms with Crippen molar-refractivity contribution in [3.8, 4) is 6.07 Å². The molecule has 0 spiro atoms. The van der Waals surface area contributed by atoms with Crippen molar-refractivity contribution in [3.63, 3.8) is 0 Å². The SMILES string of the molecule is CCCCOC(=O)C(C#N)CCCCCO. The van der Waals surface area contributed by atoms with Gasteiger partial charge in [0.15, 0.2) is 0 Å². The highest BCUT2D eigenvalue weighted by atomic mass is 16.5. The first kappa shape index (κ1) is 14.9. The molecule has 0 fully saturated rings. The highest BCUT2D eigenvalue weighted by Crippen LogP contribution is 2.11. The Morgan fingerprint density at radius 1 is 1.38 bits per heavy atom. The van der Waals surface area contributed by atoms with Gasteiger partial charge in [0, 0.05) is 6.61 Å². The minimum atomic E-state index is -0.643. The van der Waals surface area contributed by atoms with Crippen molar-refractivity contribution in [2.45, 2.75) is 45.4 Å². The first-order valence-corrected chi connectivity index (χ1v) is 5.93. The Hall–Kier alpha value is -1.08. The molecule has 0 heterocycles. The number of hydrogen-bond donors (Lipinski definition) is 1. The van der Waals surface area contributed by atoms with Gasteiger partial charge < -0.3 is 9.84 Å². The van der Waals surface area contributed by atoms with E-state index in [1.54, 1.807) is 0 Å². The van der Waals surface area contributed by atoms with Crippen molar-refractivity contribution in [1.29, 1.82) is 5.26 Å². The molecular weight excluding hydrogens is 206 g/mol. The monoisotopic (exact) mass is 227 g/mol. The summed E-state index contributed by atoms with van der Waals surface area (Å²) in [5, 5.41) is 17.4. The first-order chi connectivity index (χ1) is 7.76. The van der Waals surface area contributed by atoms with Gasteiger partial charge >= 0.3 is 5.97 Å². The van der Waals surface area contributed by atoms with Crippen LogP contribution in [0, 0.1) is 17.2 Å². The van der Waals surface area contributed by atoms with Crippen LogP contribution in [0.25, 0.3) is 0 Å². The van der Waals surface area contributed by atoms with Crippen LogP contribution < -0.4 is 0 Å². The van der Waals surface area contributed by atoms with Gasteiger partial charge in [-0.25, -0.2) is 0 Å². The van der Waals surface area contributed by atoms with E-state index in [4.69, 9.17) is 15.1 Å². The standard InChI is InChI=1S/C12H21NO3/c1-2-3-9-16-12(15)11(10-13)7-5-4-6-8-14/h11,14H,2-9H2,1H3. The summed E-state index contributed by atoms with van der Waals surface area (Å²) in [6, 6.07) is 1.97. The van der Waals surface area contributed by atoms with Crippen molar-refractivity contribution in [3.05, 3.63) is 0 Å². The predicted molar refractivity (Wildman–Crippen MR) is 60.5 cm³/mol. The van der Waals surface area contributed by atoms with Crippen molar-refractivity contribution in [1.82, 2.24) is 0 Å². The fourth-order valence-corrected chi connectivity index (χ4v) is 1.29. The van der Waals surface area contributed by atoms with E-state index in [-0.39, 0.29) is 6.61 Å². The van der Waals surface area contributed by atoms with Gasteiger partial charge in [-0.05, 0) is 19.3 Å². The summed E-state index contributed by atoms with van der Waals surface area (Å²) in [7, 11) is 0. The summed E-state index contributed by atoms with van der Waals surface area (Å²) >= 11 is 0. The molecule has 0 amide bonds. The number of esters is 1. The molecule has 0 aromatic carbocycles. The maximum atomic E-state index is 11.4. The van der Waals surface area contributed by atoms with Crippen LogP contribution in [0.3, 0.4) is 0 Å². The Kier molecular flexibility index (Phi) is 9.73. The molecule has 0 aliphatic carbocycles. The number of nitriles is 1. The second-order valence-electron chi connectivity index (χ2n) is 3.78. The van der Waals surface area contributed by atoms with E-state index in [0.29, 0.717) is 13.0 Å². The molecule has 4 nitrogen and oxygen atoms in total. The largest absolute Gasteiger partial charge is 0.465 e. The molecule has 0 aromatic rings. The zero-order valence-electron chi connectivity index (χ0n) is 9.95. The van der Waals surface area contributed by atoms with E-state index in [9.17, 15) is 4.79 Å². The van der Waals surface area contributed by atoms with Crippen LogP contribution in [0.15, 0.2) is 0 Å². The summed E-state index contributed by atoms with van der Waals surface area (Å²) in [4.78, 5) is 11.4. The Bertz CT molecular complexity index is 223. The van der Waals surface area contributed by atoms with Gasteiger partial charge in [-0.15, -0.1) is 0 Å². The Labute approximate surface area is 97.2 Å². The molecule has 4 heteroatoms. The number of carbonyl (C=O) groups is 1. The minimum Gasteiger partial charge on any atom is -0.465 e. The van der Waals surface area contributed by atoms with Crippen LogP contribution in [0.2, 0.25) is 0 Å². The van der Waals surface area contributed by atoms with Crippen LogP contribution in [0.4, 0.5) is 0 Å². The highest BCUT2D eigenvalue weighted by Gasteiger charge is 2.18. The predicted octanol–water partition coefficient (Wildman–Crippen LogP) is 2.02. The van der Waals surface area contributed by atoms with Gasteiger partial charge in [-0.1, -0.05) is 26.2 Å². The van der Waals surface area contributed by atoms with Crippen molar-refractivity contribution < 1.29 is 14.6 Å². The number of aliphatic hydroxyl groups is 1. The molecule has 0 aliphatic heterocycles.